The van der Waals surface area contributed by atoms with Crippen molar-refractivity contribution in [3.05, 3.63) is 0 Å². The van der Waals surface area contributed by atoms with Crippen LogP contribution in [0.15, 0.2) is 0 Å². The summed E-state index contributed by atoms with van der Waals surface area (Å²) < 4.78 is 11.1. The van der Waals surface area contributed by atoms with Gasteiger partial charge >= 0.3 is 0 Å². The van der Waals surface area contributed by atoms with E-state index in [1.165, 1.54) is 38.9 Å². The van der Waals surface area contributed by atoms with Crippen molar-refractivity contribution in [1.29, 1.82) is 0 Å². The van der Waals surface area contributed by atoms with Crippen LogP contribution in [-0.4, -0.2) is 86.2 Å². The summed E-state index contributed by atoms with van der Waals surface area (Å²) in [7, 11) is 0. The molecule has 1 N–H and O–H groups in total. The molecule has 23 heavy (non-hydrogen) atoms. The second-order valence-corrected chi connectivity index (χ2v) is 8.18. The van der Waals surface area contributed by atoms with Gasteiger partial charge in [0.15, 0.2) is 0 Å². The SMILES string of the molecule is CC1CN(CCC2CCN(CC3(CO)COC3)CC2)CC(C)O1. The summed E-state index contributed by atoms with van der Waals surface area (Å²) in [5.41, 5.74) is 0.0346. The molecule has 134 valence electrons. The quantitative estimate of drug-likeness (QED) is 0.795. The first kappa shape index (κ1) is 17.6. The van der Waals surface area contributed by atoms with Crippen molar-refractivity contribution in [1.82, 2.24) is 9.80 Å². The number of likely N-dealkylation sites (tertiary alicyclic amines) is 1. The van der Waals surface area contributed by atoms with Crippen molar-refractivity contribution in [3.63, 3.8) is 0 Å². The van der Waals surface area contributed by atoms with Crippen LogP contribution in [0.5, 0.6) is 0 Å². The van der Waals surface area contributed by atoms with Crippen LogP contribution in [0.3, 0.4) is 0 Å². The Labute approximate surface area is 140 Å². The number of hydrogen-bond donors (Lipinski definition) is 1. The molecule has 0 aromatic carbocycles. The van der Waals surface area contributed by atoms with Crippen LogP contribution >= 0.6 is 0 Å². The molecule has 3 saturated heterocycles. The smallest absolute Gasteiger partial charge is 0.0678 e. The van der Waals surface area contributed by atoms with Crippen LogP contribution < -0.4 is 0 Å². The molecule has 0 aliphatic carbocycles. The minimum absolute atomic E-state index is 0.0346. The molecule has 5 heteroatoms. The molecule has 3 aliphatic heterocycles. The topological polar surface area (TPSA) is 45.2 Å². The van der Waals surface area contributed by atoms with Crippen LogP contribution in [0.25, 0.3) is 0 Å². The second kappa shape index (κ2) is 7.79. The molecule has 0 bridgehead atoms. The molecule has 0 saturated carbocycles. The number of hydrogen-bond acceptors (Lipinski definition) is 5. The van der Waals surface area contributed by atoms with Crippen molar-refractivity contribution < 1.29 is 14.6 Å². The van der Waals surface area contributed by atoms with Gasteiger partial charge in [0.25, 0.3) is 0 Å². The summed E-state index contributed by atoms with van der Waals surface area (Å²) in [6.07, 6.45) is 4.68. The van der Waals surface area contributed by atoms with Gasteiger partial charge in [0.05, 0.1) is 37.4 Å². The minimum Gasteiger partial charge on any atom is -0.396 e. The van der Waals surface area contributed by atoms with Gasteiger partial charge in [-0.25, -0.2) is 0 Å². The molecule has 2 atom stereocenters. The molecule has 3 fully saturated rings. The Kier molecular flexibility index (Phi) is 5.97. The van der Waals surface area contributed by atoms with E-state index < -0.39 is 0 Å². The van der Waals surface area contributed by atoms with E-state index in [2.05, 4.69) is 23.6 Å². The Morgan fingerprint density at radius 2 is 1.70 bits per heavy atom. The van der Waals surface area contributed by atoms with E-state index in [9.17, 15) is 5.11 Å². The van der Waals surface area contributed by atoms with Gasteiger partial charge in [-0.3, -0.25) is 4.90 Å². The van der Waals surface area contributed by atoms with Gasteiger partial charge in [0.2, 0.25) is 0 Å². The van der Waals surface area contributed by atoms with Crippen LogP contribution in [0, 0.1) is 11.3 Å². The van der Waals surface area contributed by atoms with Crippen LogP contribution in [0.4, 0.5) is 0 Å². The highest BCUT2D eigenvalue weighted by Crippen LogP contribution is 2.30. The number of piperidine rings is 1. The summed E-state index contributed by atoms with van der Waals surface area (Å²) >= 11 is 0. The molecule has 0 aromatic rings. The number of nitrogens with zero attached hydrogens (tertiary/aromatic N) is 2. The first-order valence-corrected chi connectivity index (χ1v) is 9.37. The molecular weight excluding hydrogens is 292 g/mol. The zero-order valence-electron chi connectivity index (χ0n) is 14.9. The number of morpholine rings is 1. The molecule has 0 spiro atoms. The zero-order chi connectivity index (χ0) is 16.3. The molecule has 0 amide bonds. The highest BCUT2D eigenvalue weighted by Gasteiger charge is 2.40. The van der Waals surface area contributed by atoms with Crippen LogP contribution in [0.1, 0.15) is 33.1 Å². The average molecular weight is 326 g/mol. The summed E-state index contributed by atoms with van der Waals surface area (Å²) in [5.74, 6) is 0.863. The van der Waals surface area contributed by atoms with Crippen molar-refractivity contribution in [2.75, 3.05) is 59.1 Å². The number of aliphatic hydroxyl groups excluding tert-OH is 1. The average Bonchev–Trinajstić information content (AvgIpc) is 2.49. The lowest BCUT2D eigenvalue weighted by Crippen LogP contribution is -2.54. The molecule has 0 aromatic heterocycles. The highest BCUT2D eigenvalue weighted by molar-refractivity contribution is 4.89. The molecule has 2 unspecified atom stereocenters. The lowest BCUT2D eigenvalue weighted by atomic mass is 9.85. The monoisotopic (exact) mass is 326 g/mol. The Morgan fingerprint density at radius 1 is 1.04 bits per heavy atom. The van der Waals surface area contributed by atoms with Gasteiger partial charge in [-0.2, -0.15) is 0 Å². The standard InChI is InChI=1S/C18H34N2O3/c1-15-9-20(10-16(2)23-15)8-5-17-3-6-19(7-4-17)11-18(12-21)13-22-14-18/h15-17,21H,3-14H2,1-2H3. The first-order valence-electron chi connectivity index (χ1n) is 9.37. The largest absolute Gasteiger partial charge is 0.396 e. The fourth-order valence-corrected chi connectivity index (χ4v) is 4.36. The van der Waals surface area contributed by atoms with Crippen molar-refractivity contribution in [2.24, 2.45) is 11.3 Å². The van der Waals surface area contributed by atoms with Crippen LogP contribution in [-0.2, 0) is 9.47 Å². The lowest BCUT2D eigenvalue weighted by Gasteiger charge is -2.45. The van der Waals surface area contributed by atoms with E-state index in [0.29, 0.717) is 12.2 Å². The lowest BCUT2D eigenvalue weighted by molar-refractivity contribution is -0.150. The van der Waals surface area contributed by atoms with Gasteiger partial charge in [-0.05, 0) is 58.7 Å². The third-order valence-electron chi connectivity index (χ3n) is 5.77. The second-order valence-electron chi connectivity index (χ2n) is 8.18. The highest BCUT2D eigenvalue weighted by atomic mass is 16.5. The Morgan fingerprint density at radius 3 is 2.22 bits per heavy atom. The molecule has 3 heterocycles. The van der Waals surface area contributed by atoms with Crippen LogP contribution in [0.2, 0.25) is 0 Å². The van der Waals surface area contributed by atoms with Gasteiger partial charge in [0.1, 0.15) is 0 Å². The van der Waals surface area contributed by atoms with E-state index in [4.69, 9.17) is 9.47 Å². The number of ether oxygens (including phenoxy) is 2. The van der Waals surface area contributed by atoms with Crippen molar-refractivity contribution in [3.8, 4) is 0 Å². The summed E-state index contributed by atoms with van der Waals surface area (Å²) in [5, 5.41) is 9.57. The first-order chi connectivity index (χ1) is 11.1. The van der Waals surface area contributed by atoms with E-state index in [0.717, 1.165) is 38.8 Å². The Bertz CT molecular complexity index is 352. The Hall–Kier alpha value is -0.200. The molecule has 3 rings (SSSR count). The van der Waals surface area contributed by atoms with Gasteiger partial charge in [-0.15, -0.1) is 0 Å². The van der Waals surface area contributed by atoms with Gasteiger partial charge in [-0.1, -0.05) is 0 Å². The third-order valence-corrected chi connectivity index (χ3v) is 5.77. The number of aliphatic hydroxyl groups is 1. The van der Waals surface area contributed by atoms with E-state index in [-0.39, 0.29) is 12.0 Å². The predicted molar refractivity (Wildman–Crippen MR) is 90.6 cm³/mol. The normalized spacial score (nSPS) is 33.5. The van der Waals surface area contributed by atoms with Gasteiger partial charge < -0.3 is 19.5 Å². The Balaban J connectivity index is 1.34. The maximum absolute atomic E-state index is 9.57. The summed E-state index contributed by atoms with van der Waals surface area (Å²) in [6.45, 7) is 12.9. The molecule has 3 aliphatic rings. The maximum atomic E-state index is 9.57. The van der Waals surface area contributed by atoms with E-state index >= 15 is 0 Å². The van der Waals surface area contributed by atoms with Crippen molar-refractivity contribution >= 4 is 0 Å². The third kappa shape index (κ3) is 4.67. The maximum Gasteiger partial charge on any atom is 0.0678 e. The van der Waals surface area contributed by atoms with Gasteiger partial charge in [0, 0.05) is 19.6 Å². The van der Waals surface area contributed by atoms with E-state index in [1.807, 2.05) is 0 Å². The zero-order valence-corrected chi connectivity index (χ0v) is 14.9. The van der Waals surface area contributed by atoms with E-state index in [1.54, 1.807) is 0 Å². The minimum atomic E-state index is 0.0346. The fraction of sp³-hybridized carbons (Fsp3) is 1.00. The fourth-order valence-electron chi connectivity index (χ4n) is 4.36. The predicted octanol–water partition coefficient (Wildman–Crippen LogP) is 1.21. The molecule has 0 radical (unpaired) electrons. The molecular formula is C18H34N2O3. The summed E-state index contributed by atoms with van der Waals surface area (Å²) in [4.78, 5) is 5.12. The summed E-state index contributed by atoms with van der Waals surface area (Å²) in [6, 6.07) is 0. The van der Waals surface area contributed by atoms with Crippen molar-refractivity contribution in [2.45, 2.75) is 45.3 Å². The molecule has 5 nitrogen and oxygen atoms in total. The number of rotatable bonds is 6.